The Bertz CT molecular complexity index is 564. The van der Waals surface area contributed by atoms with Gasteiger partial charge in [-0.05, 0) is 31.2 Å². The molecule has 1 aromatic carbocycles. The molecule has 2 aromatic rings. The Kier molecular flexibility index (Phi) is 2.40. The molecule has 0 saturated carbocycles. The van der Waals surface area contributed by atoms with Gasteiger partial charge in [0.2, 0.25) is 5.95 Å². The third kappa shape index (κ3) is 1.82. The maximum absolute atomic E-state index is 13.3. The minimum atomic E-state index is -0.266. The van der Waals surface area contributed by atoms with Crippen molar-refractivity contribution in [2.24, 2.45) is 0 Å². The number of nitrogen functional groups attached to an aromatic ring is 1. The van der Waals surface area contributed by atoms with Gasteiger partial charge >= 0.3 is 0 Å². The Balaban J connectivity index is 2.23. The molecule has 4 nitrogen and oxygen atoms in total. The van der Waals surface area contributed by atoms with Crippen LogP contribution in [0.5, 0.6) is 0 Å². The molecular formula is C12H13FN4. The molecule has 1 atom stereocenters. The van der Waals surface area contributed by atoms with E-state index in [1.807, 2.05) is 0 Å². The number of nitrogens with zero attached hydrogens (tertiary/aromatic N) is 2. The molecule has 0 aliphatic carbocycles. The van der Waals surface area contributed by atoms with Crippen molar-refractivity contribution < 1.29 is 4.39 Å². The summed E-state index contributed by atoms with van der Waals surface area (Å²) in [5.41, 5.74) is 7.26. The molecule has 1 saturated heterocycles. The molecule has 0 bridgehead atoms. The Morgan fingerprint density at radius 1 is 1.35 bits per heavy atom. The number of halogens is 1. The number of anilines is 1. The molecule has 1 fully saturated rings. The van der Waals surface area contributed by atoms with E-state index in [4.69, 9.17) is 5.73 Å². The highest BCUT2D eigenvalue weighted by molar-refractivity contribution is 5.82. The van der Waals surface area contributed by atoms with Crippen LogP contribution in [0.25, 0.3) is 10.9 Å². The molecular weight excluding hydrogens is 219 g/mol. The quantitative estimate of drug-likeness (QED) is 0.780. The van der Waals surface area contributed by atoms with Crippen LogP contribution in [-0.2, 0) is 0 Å². The number of aromatic nitrogens is 2. The molecule has 0 radical (unpaired) electrons. The standard InChI is InChI=1S/C12H13FN4/c13-8-1-2-10-9(5-8)11(17-12(14)16-10)7-3-4-15-6-7/h1-2,5,7,15H,3-4,6H2,(H2,14,16,17). The fourth-order valence-corrected chi connectivity index (χ4v) is 2.34. The molecule has 1 unspecified atom stereocenters. The van der Waals surface area contributed by atoms with E-state index >= 15 is 0 Å². The SMILES string of the molecule is Nc1nc(C2CCNC2)c2cc(F)ccc2n1. The molecule has 1 aliphatic heterocycles. The van der Waals surface area contributed by atoms with Crippen LogP contribution in [0.3, 0.4) is 0 Å². The van der Waals surface area contributed by atoms with Gasteiger partial charge in [0.25, 0.3) is 0 Å². The summed E-state index contributed by atoms with van der Waals surface area (Å²) in [7, 11) is 0. The lowest BCUT2D eigenvalue weighted by Gasteiger charge is -2.11. The van der Waals surface area contributed by atoms with E-state index in [1.165, 1.54) is 12.1 Å². The summed E-state index contributed by atoms with van der Waals surface area (Å²) < 4.78 is 13.3. The summed E-state index contributed by atoms with van der Waals surface area (Å²) in [4.78, 5) is 8.41. The summed E-state index contributed by atoms with van der Waals surface area (Å²) >= 11 is 0. The van der Waals surface area contributed by atoms with Crippen LogP contribution in [0.15, 0.2) is 18.2 Å². The summed E-state index contributed by atoms with van der Waals surface area (Å²) in [6.45, 7) is 1.83. The van der Waals surface area contributed by atoms with E-state index in [0.29, 0.717) is 11.4 Å². The maximum Gasteiger partial charge on any atom is 0.220 e. The van der Waals surface area contributed by atoms with Gasteiger partial charge in [0.05, 0.1) is 11.2 Å². The van der Waals surface area contributed by atoms with Crippen molar-refractivity contribution >= 4 is 16.9 Å². The summed E-state index contributed by atoms with van der Waals surface area (Å²) in [6.07, 6.45) is 1.00. The first-order chi connectivity index (χ1) is 8.24. The highest BCUT2D eigenvalue weighted by Gasteiger charge is 2.21. The van der Waals surface area contributed by atoms with Gasteiger partial charge in [0, 0.05) is 17.8 Å². The average molecular weight is 232 g/mol. The average Bonchev–Trinajstić information content (AvgIpc) is 2.82. The molecule has 17 heavy (non-hydrogen) atoms. The van der Waals surface area contributed by atoms with Crippen molar-refractivity contribution in [2.45, 2.75) is 12.3 Å². The molecule has 0 amide bonds. The van der Waals surface area contributed by atoms with Crippen LogP contribution in [0, 0.1) is 5.82 Å². The molecule has 88 valence electrons. The van der Waals surface area contributed by atoms with E-state index in [0.717, 1.165) is 30.6 Å². The van der Waals surface area contributed by atoms with Gasteiger partial charge in [-0.25, -0.2) is 14.4 Å². The molecule has 3 N–H and O–H groups in total. The van der Waals surface area contributed by atoms with Gasteiger partial charge < -0.3 is 11.1 Å². The Morgan fingerprint density at radius 2 is 2.24 bits per heavy atom. The van der Waals surface area contributed by atoms with E-state index in [-0.39, 0.29) is 11.8 Å². The Morgan fingerprint density at radius 3 is 3.00 bits per heavy atom. The number of nitrogens with one attached hydrogen (secondary N) is 1. The highest BCUT2D eigenvalue weighted by atomic mass is 19.1. The molecule has 1 aromatic heterocycles. The topological polar surface area (TPSA) is 63.8 Å². The lowest BCUT2D eigenvalue weighted by molar-refractivity contribution is 0.629. The van der Waals surface area contributed by atoms with E-state index < -0.39 is 0 Å². The fourth-order valence-electron chi connectivity index (χ4n) is 2.34. The zero-order chi connectivity index (χ0) is 11.8. The van der Waals surface area contributed by atoms with E-state index in [9.17, 15) is 4.39 Å². The second kappa shape index (κ2) is 3.92. The number of rotatable bonds is 1. The summed E-state index contributed by atoms with van der Waals surface area (Å²) in [5.74, 6) is 0.286. The minimum absolute atomic E-state index is 0.256. The summed E-state index contributed by atoms with van der Waals surface area (Å²) in [5, 5.41) is 4.05. The second-order valence-electron chi connectivity index (χ2n) is 4.32. The monoisotopic (exact) mass is 232 g/mol. The number of hydrogen-bond donors (Lipinski definition) is 2. The number of fused-ring (bicyclic) bond motifs is 1. The van der Waals surface area contributed by atoms with Crippen molar-refractivity contribution in [3.63, 3.8) is 0 Å². The van der Waals surface area contributed by atoms with Gasteiger partial charge in [-0.2, -0.15) is 0 Å². The number of nitrogens with two attached hydrogens (primary N) is 1. The van der Waals surface area contributed by atoms with Crippen LogP contribution >= 0.6 is 0 Å². The van der Waals surface area contributed by atoms with Gasteiger partial charge in [0.1, 0.15) is 5.82 Å². The first kappa shape index (κ1) is 10.4. The smallest absolute Gasteiger partial charge is 0.220 e. The van der Waals surface area contributed by atoms with Crippen LogP contribution in [0.2, 0.25) is 0 Å². The van der Waals surface area contributed by atoms with Crippen LogP contribution in [-0.4, -0.2) is 23.1 Å². The van der Waals surface area contributed by atoms with Crippen molar-refractivity contribution in [1.29, 1.82) is 0 Å². The van der Waals surface area contributed by atoms with Crippen molar-refractivity contribution in [3.05, 3.63) is 29.7 Å². The molecule has 0 spiro atoms. The maximum atomic E-state index is 13.3. The van der Waals surface area contributed by atoms with Gasteiger partial charge in [-0.1, -0.05) is 0 Å². The van der Waals surface area contributed by atoms with Crippen molar-refractivity contribution in [3.8, 4) is 0 Å². The lowest BCUT2D eigenvalue weighted by atomic mass is 10.00. The van der Waals surface area contributed by atoms with Crippen molar-refractivity contribution in [1.82, 2.24) is 15.3 Å². The molecule has 2 heterocycles. The molecule has 1 aliphatic rings. The zero-order valence-electron chi connectivity index (χ0n) is 9.28. The van der Waals surface area contributed by atoms with Crippen LogP contribution < -0.4 is 11.1 Å². The third-order valence-corrected chi connectivity index (χ3v) is 3.15. The molecule has 5 heteroatoms. The highest BCUT2D eigenvalue weighted by Crippen LogP contribution is 2.28. The lowest BCUT2D eigenvalue weighted by Crippen LogP contribution is -2.10. The predicted molar refractivity (Wildman–Crippen MR) is 64.1 cm³/mol. The normalized spacial score (nSPS) is 19.9. The largest absolute Gasteiger partial charge is 0.368 e. The second-order valence-corrected chi connectivity index (χ2v) is 4.32. The Hall–Kier alpha value is -1.75. The Labute approximate surface area is 98.1 Å². The minimum Gasteiger partial charge on any atom is -0.368 e. The zero-order valence-corrected chi connectivity index (χ0v) is 9.28. The van der Waals surface area contributed by atoms with Crippen LogP contribution in [0.4, 0.5) is 10.3 Å². The van der Waals surface area contributed by atoms with Gasteiger partial charge in [-0.15, -0.1) is 0 Å². The van der Waals surface area contributed by atoms with Crippen molar-refractivity contribution in [2.75, 3.05) is 18.8 Å². The predicted octanol–water partition coefficient (Wildman–Crippen LogP) is 1.43. The van der Waals surface area contributed by atoms with Crippen LogP contribution in [0.1, 0.15) is 18.0 Å². The first-order valence-electron chi connectivity index (χ1n) is 5.67. The van der Waals surface area contributed by atoms with Gasteiger partial charge in [0.15, 0.2) is 0 Å². The first-order valence-corrected chi connectivity index (χ1v) is 5.67. The van der Waals surface area contributed by atoms with E-state index in [2.05, 4.69) is 15.3 Å². The summed E-state index contributed by atoms with van der Waals surface area (Å²) in [6, 6.07) is 4.53. The van der Waals surface area contributed by atoms with E-state index in [1.54, 1.807) is 6.07 Å². The third-order valence-electron chi connectivity index (χ3n) is 3.15. The van der Waals surface area contributed by atoms with Gasteiger partial charge in [-0.3, -0.25) is 0 Å². The molecule has 3 rings (SSSR count). The number of benzene rings is 1. The fraction of sp³-hybridized carbons (Fsp3) is 0.333. The number of hydrogen-bond acceptors (Lipinski definition) is 4.